The summed E-state index contributed by atoms with van der Waals surface area (Å²) in [6.45, 7) is 0.987. The van der Waals surface area contributed by atoms with Crippen LogP contribution in [0.2, 0.25) is 0 Å². The van der Waals surface area contributed by atoms with Gasteiger partial charge in [0.2, 0.25) is 0 Å². The van der Waals surface area contributed by atoms with Crippen LogP contribution in [0.5, 0.6) is 0 Å². The molecule has 26 heavy (non-hydrogen) atoms. The lowest BCUT2D eigenvalue weighted by Crippen LogP contribution is -2.29. The van der Waals surface area contributed by atoms with E-state index in [4.69, 9.17) is 0 Å². The Morgan fingerprint density at radius 1 is 0.885 bits per heavy atom. The molecule has 5 nitrogen and oxygen atoms in total. The molecule has 0 bridgehead atoms. The molecule has 1 aromatic heterocycles. The molecule has 132 valence electrons. The lowest BCUT2D eigenvalue weighted by molar-refractivity contribution is 0.0952. The molecule has 0 aliphatic carbocycles. The molecule has 0 spiro atoms. The van der Waals surface area contributed by atoms with E-state index in [-0.39, 0.29) is 11.8 Å². The molecule has 0 saturated carbocycles. The molecule has 3 rings (SSSR count). The number of pyridine rings is 1. The Morgan fingerprint density at radius 3 is 2.27 bits per heavy atom. The molecule has 0 atom stereocenters. The van der Waals surface area contributed by atoms with Crippen LogP contribution >= 0.6 is 15.9 Å². The summed E-state index contributed by atoms with van der Waals surface area (Å²) in [5.74, 6) is -0.249. The van der Waals surface area contributed by atoms with Crippen LogP contribution in [0.15, 0.2) is 65.3 Å². The van der Waals surface area contributed by atoms with Crippen molar-refractivity contribution in [3.05, 3.63) is 76.4 Å². The van der Waals surface area contributed by atoms with E-state index >= 15 is 0 Å². The summed E-state index contributed by atoms with van der Waals surface area (Å²) in [6.07, 6.45) is 2.38. The highest BCUT2D eigenvalue weighted by Crippen LogP contribution is 2.13. The number of carbonyl (C=O) groups excluding carboxylic acids is 2. The second-order valence-corrected chi connectivity index (χ2v) is 6.70. The van der Waals surface area contributed by atoms with Gasteiger partial charge >= 0.3 is 0 Å². The minimum atomic E-state index is -0.130. The zero-order valence-corrected chi connectivity index (χ0v) is 15.6. The van der Waals surface area contributed by atoms with E-state index in [1.165, 1.54) is 0 Å². The third-order valence-corrected chi connectivity index (χ3v) is 4.42. The number of fused-ring (bicyclic) bond motifs is 1. The molecule has 2 aromatic carbocycles. The summed E-state index contributed by atoms with van der Waals surface area (Å²) < 4.78 is 0.932. The first-order valence-electron chi connectivity index (χ1n) is 8.30. The van der Waals surface area contributed by atoms with Crippen molar-refractivity contribution in [1.82, 2.24) is 15.6 Å². The molecule has 0 unspecified atom stereocenters. The minimum Gasteiger partial charge on any atom is -0.352 e. The van der Waals surface area contributed by atoms with Gasteiger partial charge in [0.1, 0.15) is 0 Å². The standard InChI is InChI=1S/C20H18BrN3O2/c21-17-7-4-14(5-8-17)19(25)23-11-2-12-24-20(26)16-6-9-18-15(13-16)3-1-10-22-18/h1,3-10,13H,2,11-12H2,(H,23,25)(H,24,26). The molecule has 0 fully saturated rings. The zero-order chi connectivity index (χ0) is 18.4. The third-order valence-electron chi connectivity index (χ3n) is 3.90. The van der Waals surface area contributed by atoms with Crippen LogP contribution in [0.25, 0.3) is 10.9 Å². The van der Waals surface area contributed by atoms with E-state index < -0.39 is 0 Å². The van der Waals surface area contributed by atoms with Crippen molar-refractivity contribution in [2.24, 2.45) is 0 Å². The molecule has 0 saturated heterocycles. The van der Waals surface area contributed by atoms with Crippen LogP contribution < -0.4 is 10.6 Å². The number of nitrogens with one attached hydrogen (secondary N) is 2. The summed E-state index contributed by atoms with van der Waals surface area (Å²) in [4.78, 5) is 28.4. The van der Waals surface area contributed by atoms with Gasteiger partial charge in [-0.05, 0) is 55.0 Å². The van der Waals surface area contributed by atoms with Gasteiger partial charge in [-0.2, -0.15) is 0 Å². The maximum absolute atomic E-state index is 12.2. The Kier molecular flexibility index (Phi) is 5.96. The fourth-order valence-electron chi connectivity index (χ4n) is 2.51. The third kappa shape index (κ3) is 4.67. The Hall–Kier alpha value is -2.73. The van der Waals surface area contributed by atoms with Crippen LogP contribution in [0.1, 0.15) is 27.1 Å². The fraction of sp³-hybridized carbons (Fsp3) is 0.150. The van der Waals surface area contributed by atoms with Crippen LogP contribution in [0.4, 0.5) is 0 Å². The Bertz CT molecular complexity index is 926. The van der Waals surface area contributed by atoms with Crippen molar-refractivity contribution in [2.45, 2.75) is 6.42 Å². The van der Waals surface area contributed by atoms with Crippen LogP contribution in [0, 0.1) is 0 Å². The number of halogens is 1. The van der Waals surface area contributed by atoms with Crippen LogP contribution in [-0.4, -0.2) is 29.9 Å². The van der Waals surface area contributed by atoms with Crippen LogP contribution in [0.3, 0.4) is 0 Å². The highest BCUT2D eigenvalue weighted by atomic mass is 79.9. The monoisotopic (exact) mass is 411 g/mol. The molecule has 1 heterocycles. The quantitative estimate of drug-likeness (QED) is 0.609. The van der Waals surface area contributed by atoms with Crippen molar-refractivity contribution >= 4 is 38.6 Å². The molecule has 0 aliphatic rings. The summed E-state index contributed by atoms with van der Waals surface area (Å²) in [5.41, 5.74) is 2.08. The number of aromatic nitrogens is 1. The normalized spacial score (nSPS) is 10.5. The van der Waals surface area contributed by atoms with Gasteiger partial charge in [-0.3, -0.25) is 14.6 Å². The van der Waals surface area contributed by atoms with E-state index in [1.807, 2.05) is 36.4 Å². The number of benzene rings is 2. The fourth-order valence-corrected chi connectivity index (χ4v) is 2.78. The van der Waals surface area contributed by atoms with Gasteiger partial charge in [0.15, 0.2) is 0 Å². The molecule has 2 amide bonds. The van der Waals surface area contributed by atoms with E-state index in [2.05, 4.69) is 31.5 Å². The second kappa shape index (κ2) is 8.58. The van der Waals surface area contributed by atoms with Gasteiger partial charge in [0.05, 0.1) is 5.52 Å². The van der Waals surface area contributed by atoms with Crippen molar-refractivity contribution in [2.75, 3.05) is 13.1 Å². The van der Waals surface area contributed by atoms with E-state index in [9.17, 15) is 9.59 Å². The summed E-state index contributed by atoms with van der Waals surface area (Å²) in [7, 11) is 0. The summed E-state index contributed by atoms with van der Waals surface area (Å²) in [5, 5.41) is 6.64. The number of carbonyl (C=O) groups is 2. The maximum atomic E-state index is 12.2. The van der Waals surface area contributed by atoms with E-state index in [1.54, 1.807) is 24.4 Å². The number of amides is 2. The molecule has 6 heteroatoms. The number of nitrogens with zero attached hydrogens (tertiary/aromatic N) is 1. The number of rotatable bonds is 6. The average Bonchev–Trinajstić information content (AvgIpc) is 2.67. The van der Waals surface area contributed by atoms with Gasteiger partial charge in [0.25, 0.3) is 11.8 Å². The van der Waals surface area contributed by atoms with Crippen molar-refractivity contribution in [3.8, 4) is 0 Å². The van der Waals surface area contributed by atoms with Crippen LogP contribution in [-0.2, 0) is 0 Å². The highest BCUT2D eigenvalue weighted by Gasteiger charge is 2.07. The van der Waals surface area contributed by atoms with Crippen molar-refractivity contribution < 1.29 is 9.59 Å². The van der Waals surface area contributed by atoms with Gasteiger partial charge in [-0.1, -0.05) is 22.0 Å². The molecule has 0 aliphatic heterocycles. The van der Waals surface area contributed by atoms with Crippen molar-refractivity contribution in [1.29, 1.82) is 0 Å². The first-order chi connectivity index (χ1) is 12.6. The number of hydrogen-bond donors (Lipinski definition) is 2. The summed E-state index contributed by atoms with van der Waals surface area (Å²) >= 11 is 3.34. The minimum absolute atomic E-state index is 0.120. The van der Waals surface area contributed by atoms with Crippen molar-refractivity contribution in [3.63, 3.8) is 0 Å². The smallest absolute Gasteiger partial charge is 0.251 e. The Morgan fingerprint density at radius 2 is 1.54 bits per heavy atom. The van der Waals surface area contributed by atoms with Gasteiger partial charge in [-0.25, -0.2) is 0 Å². The van der Waals surface area contributed by atoms with Gasteiger partial charge < -0.3 is 10.6 Å². The first-order valence-corrected chi connectivity index (χ1v) is 9.09. The molecular weight excluding hydrogens is 394 g/mol. The predicted molar refractivity (Wildman–Crippen MR) is 105 cm³/mol. The van der Waals surface area contributed by atoms with E-state index in [0.717, 1.165) is 15.4 Å². The first kappa shape index (κ1) is 18.1. The topological polar surface area (TPSA) is 71.1 Å². The van der Waals surface area contributed by atoms with E-state index in [0.29, 0.717) is 30.6 Å². The van der Waals surface area contributed by atoms with Gasteiger partial charge in [0, 0.05) is 40.3 Å². The lowest BCUT2D eigenvalue weighted by atomic mass is 10.1. The molecule has 3 aromatic rings. The SMILES string of the molecule is O=C(NCCCNC(=O)c1ccc2ncccc2c1)c1ccc(Br)cc1. The Balaban J connectivity index is 1.43. The van der Waals surface area contributed by atoms with Gasteiger partial charge in [-0.15, -0.1) is 0 Å². The zero-order valence-electron chi connectivity index (χ0n) is 14.0. The lowest BCUT2D eigenvalue weighted by Gasteiger charge is -2.08. The summed E-state index contributed by atoms with van der Waals surface area (Å²) in [6, 6.07) is 16.4. The molecule has 0 radical (unpaired) electrons. The molecular formula is C20H18BrN3O2. The predicted octanol–water partition coefficient (Wildman–Crippen LogP) is 3.55. The number of hydrogen-bond acceptors (Lipinski definition) is 3. The largest absolute Gasteiger partial charge is 0.352 e. The highest BCUT2D eigenvalue weighted by molar-refractivity contribution is 9.10. The molecule has 2 N–H and O–H groups in total. The maximum Gasteiger partial charge on any atom is 0.251 e. The Labute approximate surface area is 160 Å². The second-order valence-electron chi connectivity index (χ2n) is 5.78. The average molecular weight is 412 g/mol.